The van der Waals surface area contributed by atoms with Crippen LogP contribution in [-0.4, -0.2) is 71.7 Å². The first kappa shape index (κ1) is 32.8. The largest absolute Gasteiger partial charge is 0.416 e. The first-order valence-electron chi connectivity index (χ1n) is 13.8. The number of halogens is 8. The molecule has 5 rings (SSSR count). The summed E-state index contributed by atoms with van der Waals surface area (Å²) in [6.07, 6.45) is -9.94. The highest BCUT2D eigenvalue weighted by Crippen LogP contribution is 2.38. The van der Waals surface area contributed by atoms with Crippen molar-refractivity contribution in [1.29, 1.82) is 0 Å². The predicted molar refractivity (Wildman–Crippen MR) is 154 cm³/mol. The number of carbonyl (C=O) groups is 3. The van der Waals surface area contributed by atoms with Gasteiger partial charge in [0.2, 0.25) is 0 Å². The zero-order valence-electron chi connectivity index (χ0n) is 23.6. The molecule has 3 amide bonds. The van der Waals surface area contributed by atoms with Gasteiger partial charge in [0, 0.05) is 50.7 Å². The van der Waals surface area contributed by atoms with Crippen molar-refractivity contribution in [1.82, 2.24) is 14.7 Å². The summed E-state index contributed by atoms with van der Waals surface area (Å²) in [5.41, 5.74) is -2.65. The normalized spacial score (nSPS) is 19.2. The van der Waals surface area contributed by atoms with Crippen LogP contribution < -0.4 is 0 Å². The fourth-order valence-electron chi connectivity index (χ4n) is 5.86. The Labute approximate surface area is 264 Å². The van der Waals surface area contributed by atoms with Gasteiger partial charge in [0.15, 0.2) is 0 Å². The Morgan fingerprint density at radius 1 is 0.844 bits per heavy atom. The summed E-state index contributed by atoms with van der Waals surface area (Å²) < 4.78 is 81.0. The van der Waals surface area contributed by atoms with Crippen molar-refractivity contribution in [3.05, 3.63) is 104 Å². The minimum Gasteiger partial charge on any atom is -0.338 e. The van der Waals surface area contributed by atoms with E-state index in [4.69, 9.17) is 23.2 Å². The monoisotopic (exact) mass is 671 g/mol. The molecule has 3 aromatic rings. The second-order valence-corrected chi connectivity index (χ2v) is 11.8. The van der Waals surface area contributed by atoms with Crippen LogP contribution in [0.3, 0.4) is 0 Å². The van der Waals surface area contributed by atoms with Gasteiger partial charge >= 0.3 is 12.4 Å². The number of imide groups is 1. The summed E-state index contributed by atoms with van der Waals surface area (Å²) in [4.78, 5) is 43.5. The van der Waals surface area contributed by atoms with Crippen molar-refractivity contribution in [3.63, 3.8) is 0 Å². The molecule has 2 aliphatic heterocycles. The molecule has 0 radical (unpaired) electrons. The third kappa shape index (κ3) is 6.68. The summed E-state index contributed by atoms with van der Waals surface area (Å²) >= 11 is 12.4. The van der Waals surface area contributed by atoms with Crippen LogP contribution in [0.4, 0.5) is 26.3 Å². The Kier molecular flexibility index (Phi) is 8.96. The quantitative estimate of drug-likeness (QED) is 0.205. The van der Waals surface area contributed by atoms with E-state index in [9.17, 15) is 40.7 Å². The lowest BCUT2D eigenvalue weighted by Gasteiger charge is -2.43. The minimum atomic E-state index is -5.11. The van der Waals surface area contributed by atoms with E-state index in [1.54, 1.807) is 42.5 Å². The van der Waals surface area contributed by atoms with Crippen molar-refractivity contribution < 1.29 is 40.7 Å². The van der Waals surface area contributed by atoms with E-state index < -0.39 is 58.7 Å². The molecule has 0 bridgehead atoms. The first-order valence-corrected chi connectivity index (χ1v) is 14.5. The summed E-state index contributed by atoms with van der Waals surface area (Å²) in [6, 6.07) is 11.5. The van der Waals surface area contributed by atoms with Gasteiger partial charge in [-0.2, -0.15) is 26.3 Å². The molecular weight excluding hydrogens is 647 g/mol. The van der Waals surface area contributed by atoms with Crippen LogP contribution in [0.1, 0.15) is 60.1 Å². The standard InChI is InChI=1S/C31H25Cl2F6N3O3/c1-40(27(43)18-12-19(30(34,35)36)15-20(13-18)31(37,38)39)26-8-9-41(16-23(26)17-6-7-24(32)25(33)14-17)10-11-42-28(44)21-4-2-3-5-22(21)29(42)45/h2-7,12-15,23,26H,8-11,16H2,1H3/t23-,26+/m0/s1. The van der Waals surface area contributed by atoms with Gasteiger partial charge in [-0.1, -0.05) is 41.4 Å². The SMILES string of the molecule is CN(C(=O)c1cc(C(F)(F)F)cc(C(F)(F)F)c1)[C@@H]1CCN(CCN2C(=O)c3ccccc3C2=O)C[C@H]1c1ccc(Cl)c(Cl)c1. The lowest BCUT2D eigenvalue weighted by Crippen LogP contribution is -2.51. The first-order chi connectivity index (χ1) is 21.1. The summed E-state index contributed by atoms with van der Waals surface area (Å²) in [5.74, 6) is -2.33. The molecule has 0 unspecified atom stereocenters. The molecule has 0 spiro atoms. The molecule has 1 saturated heterocycles. The lowest BCUT2D eigenvalue weighted by molar-refractivity contribution is -0.143. The second-order valence-electron chi connectivity index (χ2n) is 11.0. The van der Waals surface area contributed by atoms with Crippen molar-refractivity contribution in [2.45, 2.75) is 30.7 Å². The number of likely N-dealkylation sites (N-methyl/N-ethyl adjacent to an activating group) is 1. The summed E-state index contributed by atoms with van der Waals surface area (Å²) in [6.45, 7) is 1.01. The smallest absolute Gasteiger partial charge is 0.338 e. The zero-order chi connectivity index (χ0) is 32.8. The molecule has 238 valence electrons. The molecule has 2 atom stereocenters. The topological polar surface area (TPSA) is 60.9 Å². The molecule has 14 heteroatoms. The van der Waals surface area contributed by atoms with E-state index in [1.807, 2.05) is 4.90 Å². The number of hydrogen-bond acceptors (Lipinski definition) is 4. The fourth-order valence-corrected chi connectivity index (χ4v) is 6.17. The van der Waals surface area contributed by atoms with E-state index in [2.05, 4.69) is 0 Å². The van der Waals surface area contributed by atoms with Gasteiger partial charge in [-0.25, -0.2) is 0 Å². The molecule has 0 saturated carbocycles. The lowest BCUT2D eigenvalue weighted by atomic mass is 9.84. The van der Waals surface area contributed by atoms with Crippen molar-refractivity contribution in [2.75, 3.05) is 33.2 Å². The highest BCUT2D eigenvalue weighted by atomic mass is 35.5. The molecule has 45 heavy (non-hydrogen) atoms. The average molecular weight is 672 g/mol. The van der Waals surface area contributed by atoms with E-state index >= 15 is 0 Å². The van der Waals surface area contributed by atoms with Crippen LogP contribution in [0.5, 0.6) is 0 Å². The Hall–Kier alpha value is -3.61. The maximum absolute atomic E-state index is 13.5. The summed E-state index contributed by atoms with van der Waals surface area (Å²) in [5, 5.41) is 0.487. The van der Waals surface area contributed by atoms with Gasteiger partial charge in [0.1, 0.15) is 0 Å². The number of fused-ring (bicyclic) bond motifs is 1. The number of piperidine rings is 1. The molecule has 1 fully saturated rings. The van der Waals surface area contributed by atoms with Gasteiger partial charge in [0.05, 0.1) is 32.3 Å². The van der Waals surface area contributed by atoms with Crippen LogP contribution in [0.2, 0.25) is 10.0 Å². The minimum absolute atomic E-state index is 0.0257. The van der Waals surface area contributed by atoms with Crippen molar-refractivity contribution in [2.24, 2.45) is 0 Å². The van der Waals surface area contributed by atoms with E-state index in [1.165, 1.54) is 7.05 Å². The van der Waals surface area contributed by atoms with Crippen LogP contribution in [0, 0.1) is 0 Å². The summed E-state index contributed by atoms with van der Waals surface area (Å²) in [7, 11) is 1.33. The van der Waals surface area contributed by atoms with Gasteiger partial charge in [-0.05, 0) is 54.4 Å². The molecule has 6 nitrogen and oxygen atoms in total. The third-order valence-electron chi connectivity index (χ3n) is 8.20. The number of hydrogen-bond donors (Lipinski definition) is 0. The molecule has 0 N–H and O–H groups in total. The zero-order valence-corrected chi connectivity index (χ0v) is 25.1. The Morgan fingerprint density at radius 2 is 1.42 bits per heavy atom. The molecule has 0 aliphatic carbocycles. The average Bonchev–Trinajstić information content (AvgIpc) is 3.24. The second kappa shape index (κ2) is 12.3. The highest BCUT2D eigenvalue weighted by molar-refractivity contribution is 6.42. The molecular formula is C31H25Cl2F6N3O3. The maximum atomic E-state index is 13.5. The third-order valence-corrected chi connectivity index (χ3v) is 8.94. The molecule has 2 aliphatic rings. The van der Waals surface area contributed by atoms with Gasteiger partial charge in [-0.15, -0.1) is 0 Å². The van der Waals surface area contributed by atoms with Gasteiger partial charge < -0.3 is 9.80 Å². The van der Waals surface area contributed by atoms with Crippen LogP contribution in [0.25, 0.3) is 0 Å². The Morgan fingerprint density at radius 3 is 1.96 bits per heavy atom. The van der Waals surface area contributed by atoms with Crippen LogP contribution in [-0.2, 0) is 12.4 Å². The molecule has 2 heterocycles. The van der Waals surface area contributed by atoms with Crippen molar-refractivity contribution >= 4 is 40.9 Å². The molecule has 0 aromatic heterocycles. The fraction of sp³-hybridized carbons (Fsp3) is 0.323. The van der Waals surface area contributed by atoms with E-state index in [0.717, 1.165) is 9.80 Å². The molecule has 3 aromatic carbocycles. The number of carbonyl (C=O) groups excluding carboxylic acids is 3. The van der Waals surface area contributed by atoms with E-state index in [0.29, 0.717) is 35.4 Å². The number of rotatable bonds is 6. The van der Waals surface area contributed by atoms with Crippen LogP contribution in [0.15, 0.2) is 60.7 Å². The number of amides is 3. The number of nitrogens with zero attached hydrogens (tertiary/aromatic N) is 3. The van der Waals surface area contributed by atoms with E-state index in [-0.39, 0.29) is 42.2 Å². The predicted octanol–water partition coefficient (Wildman–Crippen LogP) is 7.26. The van der Waals surface area contributed by atoms with Gasteiger partial charge in [0.25, 0.3) is 17.7 Å². The Balaban J connectivity index is 1.40. The Bertz CT molecular complexity index is 1590. The number of likely N-dealkylation sites (tertiary alicyclic amines) is 1. The number of alkyl halides is 6. The van der Waals surface area contributed by atoms with Gasteiger partial charge in [-0.3, -0.25) is 19.3 Å². The number of benzene rings is 3. The maximum Gasteiger partial charge on any atom is 0.416 e. The van der Waals surface area contributed by atoms with Crippen LogP contribution >= 0.6 is 23.2 Å². The van der Waals surface area contributed by atoms with Crippen molar-refractivity contribution in [3.8, 4) is 0 Å². The highest BCUT2D eigenvalue weighted by Gasteiger charge is 2.41.